The van der Waals surface area contributed by atoms with Crippen molar-refractivity contribution in [2.75, 3.05) is 18.6 Å². The van der Waals surface area contributed by atoms with E-state index in [1.54, 1.807) is 4.90 Å². The molecule has 1 aliphatic heterocycles. The zero-order chi connectivity index (χ0) is 18.8. The summed E-state index contributed by atoms with van der Waals surface area (Å²) in [6.07, 6.45) is 8.55. The number of anilines is 1. The summed E-state index contributed by atoms with van der Waals surface area (Å²) in [7, 11) is 1.38. The minimum absolute atomic E-state index is 0.00588. The molecule has 0 N–H and O–H groups in total. The maximum Gasteiger partial charge on any atom is 0.311 e. The van der Waals surface area contributed by atoms with Gasteiger partial charge in [0.15, 0.2) is 0 Å². The number of carbonyl (C=O) groups excluding carboxylic acids is 2. The number of methoxy groups -OCH3 is 1. The summed E-state index contributed by atoms with van der Waals surface area (Å²) < 4.78 is 5.79. The largest absolute Gasteiger partial charge is 0.469 e. The zero-order valence-electron chi connectivity index (χ0n) is 15.7. The Morgan fingerprint density at radius 2 is 1.78 bits per heavy atom. The van der Waals surface area contributed by atoms with Crippen molar-refractivity contribution in [2.24, 2.45) is 23.7 Å². The third kappa shape index (κ3) is 2.84. The Hall–Kier alpha value is -1.36. The van der Waals surface area contributed by atoms with E-state index in [0.29, 0.717) is 12.0 Å². The molecule has 4 aliphatic carbocycles. The molecule has 5 aliphatic rings. The van der Waals surface area contributed by atoms with Crippen molar-refractivity contribution in [3.8, 4) is 0 Å². The lowest BCUT2D eigenvalue weighted by atomic mass is 9.48. The molecule has 1 aromatic rings. The topological polar surface area (TPSA) is 46.6 Å². The molecule has 27 heavy (non-hydrogen) atoms. The minimum atomic E-state index is -0.364. The van der Waals surface area contributed by atoms with E-state index in [0.717, 1.165) is 27.9 Å². The molecule has 1 amide bonds. The van der Waals surface area contributed by atoms with Crippen LogP contribution in [0.5, 0.6) is 0 Å². The van der Waals surface area contributed by atoms with E-state index in [-0.39, 0.29) is 24.2 Å². The maximum absolute atomic E-state index is 12.5. The number of amides is 1. The quantitative estimate of drug-likeness (QED) is 0.664. The molecule has 1 aromatic carbocycles. The van der Waals surface area contributed by atoms with Gasteiger partial charge in [0.25, 0.3) is 0 Å². The first kappa shape index (κ1) is 17.7. The molecule has 4 nitrogen and oxygen atoms in total. The molecule has 1 heterocycles. The first-order valence-corrected chi connectivity index (χ1v) is 10.9. The normalized spacial score (nSPS) is 37.1. The average Bonchev–Trinajstić information content (AvgIpc) is 3.01. The number of halogens is 1. The summed E-state index contributed by atoms with van der Waals surface area (Å²) in [5.41, 5.74) is 2.66. The fourth-order valence-electron chi connectivity index (χ4n) is 6.78. The Balaban J connectivity index is 1.42. The summed E-state index contributed by atoms with van der Waals surface area (Å²) in [5, 5.41) is 0. The second kappa shape index (κ2) is 6.33. The van der Waals surface area contributed by atoms with Crippen LogP contribution in [0.15, 0.2) is 22.7 Å². The molecule has 5 fully saturated rings. The van der Waals surface area contributed by atoms with Crippen LogP contribution in [0, 0.1) is 23.7 Å². The van der Waals surface area contributed by atoms with Crippen molar-refractivity contribution in [3.05, 3.63) is 28.2 Å². The molecule has 1 saturated heterocycles. The van der Waals surface area contributed by atoms with E-state index in [1.807, 2.05) is 0 Å². The van der Waals surface area contributed by atoms with E-state index >= 15 is 0 Å². The monoisotopic (exact) mass is 431 g/mol. The average molecular weight is 432 g/mol. The number of ether oxygens (including phenoxy) is 1. The van der Waals surface area contributed by atoms with E-state index in [4.69, 9.17) is 4.74 Å². The molecular weight excluding hydrogens is 406 g/mol. The van der Waals surface area contributed by atoms with Crippen LogP contribution in [0.25, 0.3) is 0 Å². The van der Waals surface area contributed by atoms with Crippen LogP contribution in [-0.4, -0.2) is 25.5 Å². The summed E-state index contributed by atoms with van der Waals surface area (Å²) >= 11 is 3.73. The Bertz CT molecular complexity index is 769. The third-order valence-corrected chi connectivity index (χ3v) is 8.18. The Morgan fingerprint density at radius 3 is 2.33 bits per heavy atom. The second-order valence-corrected chi connectivity index (χ2v) is 10.1. The SMILES string of the molecule is COC(=O)C1CC(=O)N(c2ccc(C34CC5CC(CC(C5)C3)C4)cc2Br)C1. The van der Waals surface area contributed by atoms with E-state index in [1.165, 1.54) is 51.2 Å². The highest BCUT2D eigenvalue weighted by Crippen LogP contribution is 2.61. The fraction of sp³-hybridized carbons (Fsp3) is 0.636. The highest BCUT2D eigenvalue weighted by Gasteiger charge is 2.51. The number of benzene rings is 1. The van der Waals surface area contributed by atoms with E-state index < -0.39 is 0 Å². The van der Waals surface area contributed by atoms with Gasteiger partial charge in [-0.2, -0.15) is 0 Å². The van der Waals surface area contributed by atoms with Crippen molar-refractivity contribution in [1.29, 1.82) is 0 Å². The maximum atomic E-state index is 12.5. The van der Waals surface area contributed by atoms with E-state index in [9.17, 15) is 9.59 Å². The number of hydrogen-bond donors (Lipinski definition) is 0. The molecular formula is C22H26BrNO3. The van der Waals surface area contributed by atoms with Gasteiger partial charge < -0.3 is 9.64 Å². The number of hydrogen-bond acceptors (Lipinski definition) is 3. The first-order chi connectivity index (χ1) is 13.0. The van der Waals surface area contributed by atoms with Gasteiger partial charge in [0.2, 0.25) is 5.91 Å². The minimum Gasteiger partial charge on any atom is -0.469 e. The van der Waals surface area contributed by atoms with Gasteiger partial charge in [0.05, 0.1) is 18.7 Å². The van der Waals surface area contributed by atoms with Crippen molar-refractivity contribution in [2.45, 2.75) is 50.4 Å². The van der Waals surface area contributed by atoms with Gasteiger partial charge in [-0.05, 0) is 95.3 Å². The predicted molar refractivity (Wildman–Crippen MR) is 106 cm³/mol. The Kier molecular flexibility index (Phi) is 4.15. The van der Waals surface area contributed by atoms with Crippen LogP contribution in [0.2, 0.25) is 0 Å². The van der Waals surface area contributed by atoms with Gasteiger partial charge in [0.1, 0.15) is 0 Å². The molecule has 0 radical (unpaired) electrons. The second-order valence-electron chi connectivity index (χ2n) is 9.29. The molecule has 0 spiro atoms. The van der Waals surface area contributed by atoms with Crippen molar-refractivity contribution < 1.29 is 14.3 Å². The number of esters is 1. The summed E-state index contributed by atoms with van der Waals surface area (Å²) in [5.74, 6) is 2.07. The van der Waals surface area contributed by atoms with Gasteiger partial charge in [-0.1, -0.05) is 6.07 Å². The van der Waals surface area contributed by atoms with Gasteiger partial charge >= 0.3 is 5.97 Å². The van der Waals surface area contributed by atoms with Crippen LogP contribution < -0.4 is 4.90 Å². The number of carbonyl (C=O) groups is 2. The third-order valence-electron chi connectivity index (χ3n) is 7.55. The molecule has 1 atom stereocenters. The van der Waals surface area contributed by atoms with Crippen molar-refractivity contribution in [1.82, 2.24) is 0 Å². The lowest BCUT2D eigenvalue weighted by Crippen LogP contribution is -2.48. The smallest absolute Gasteiger partial charge is 0.311 e. The fourth-order valence-corrected chi connectivity index (χ4v) is 7.38. The van der Waals surface area contributed by atoms with Crippen LogP contribution in [0.4, 0.5) is 5.69 Å². The van der Waals surface area contributed by atoms with Gasteiger partial charge in [-0.3, -0.25) is 9.59 Å². The Labute approximate surface area is 168 Å². The molecule has 4 bridgehead atoms. The molecule has 4 saturated carbocycles. The van der Waals surface area contributed by atoms with E-state index in [2.05, 4.69) is 34.1 Å². The molecule has 1 unspecified atom stereocenters. The summed E-state index contributed by atoms with van der Waals surface area (Å²) in [4.78, 5) is 26.0. The lowest BCUT2D eigenvalue weighted by Gasteiger charge is -2.57. The van der Waals surface area contributed by atoms with Crippen molar-refractivity contribution in [3.63, 3.8) is 0 Å². The van der Waals surface area contributed by atoms with Crippen LogP contribution in [0.1, 0.15) is 50.5 Å². The van der Waals surface area contributed by atoms with Gasteiger partial charge in [-0.25, -0.2) is 0 Å². The molecule has 0 aromatic heterocycles. The highest BCUT2D eigenvalue weighted by atomic mass is 79.9. The van der Waals surface area contributed by atoms with Gasteiger partial charge in [-0.15, -0.1) is 0 Å². The zero-order valence-corrected chi connectivity index (χ0v) is 17.3. The Morgan fingerprint density at radius 1 is 1.15 bits per heavy atom. The van der Waals surface area contributed by atoms with Crippen LogP contribution in [-0.2, 0) is 19.7 Å². The highest BCUT2D eigenvalue weighted by molar-refractivity contribution is 9.10. The summed E-state index contributed by atoms with van der Waals surface area (Å²) in [6, 6.07) is 6.57. The van der Waals surface area contributed by atoms with Crippen molar-refractivity contribution >= 4 is 33.5 Å². The van der Waals surface area contributed by atoms with Crippen LogP contribution >= 0.6 is 15.9 Å². The van der Waals surface area contributed by atoms with Crippen LogP contribution in [0.3, 0.4) is 0 Å². The molecule has 6 rings (SSSR count). The number of nitrogens with zero attached hydrogens (tertiary/aromatic N) is 1. The molecule has 5 heteroatoms. The molecule has 144 valence electrons. The van der Waals surface area contributed by atoms with Gasteiger partial charge in [0, 0.05) is 17.4 Å². The lowest BCUT2D eigenvalue weighted by molar-refractivity contribution is -0.145. The first-order valence-electron chi connectivity index (χ1n) is 10.2. The standard InChI is InChI=1S/C22H26BrNO3/c1-27-21(26)16-7-20(25)24(12-16)19-3-2-17(8-18(19)23)22-9-13-4-14(10-22)6-15(5-13)11-22/h2-3,8,13-16H,4-7,9-12H2,1H3. The predicted octanol–water partition coefficient (Wildman–Crippen LogP) is 4.44. The summed E-state index contributed by atoms with van der Waals surface area (Å²) in [6.45, 7) is 0.404. The number of rotatable bonds is 3.